The zero-order valence-corrected chi connectivity index (χ0v) is 18.5. The van der Waals surface area contributed by atoms with Crippen LogP contribution in [0.2, 0.25) is 0 Å². The van der Waals surface area contributed by atoms with Crippen molar-refractivity contribution in [1.82, 2.24) is 9.80 Å². The van der Waals surface area contributed by atoms with Crippen molar-refractivity contribution < 1.29 is 23.9 Å². The minimum Gasteiger partial charge on any atom is -0.497 e. The van der Waals surface area contributed by atoms with Crippen LogP contribution in [0.15, 0.2) is 36.9 Å². The van der Waals surface area contributed by atoms with E-state index in [1.54, 1.807) is 45.0 Å². The Labute approximate surface area is 183 Å². The van der Waals surface area contributed by atoms with Gasteiger partial charge in [-0.3, -0.25) is 19.4 Å². The van der Waals surface area contributed by atoms with Crippen LogP contribution in [0.5, 0.6) is 5.75 Å². The molecule has 1 aromatic rings. The molecule has 1 saturated heterocycles. The van der Waals surface area contributed by atoms with Gasteiger partial charge in [-0.05, 0) is 57.9 Å². The minimum absolute atomic E-state index is 0.0222. The molecule has 31 heavy (non-hydrogen) atoms. The number of methoxy groups -OCH3 is 1. The van der Waals surface area contributed by atoms with Crippen LogP contribution in [-0.2, 0) is 9.53 Å². The van der Waals surface area contributed by atoms with E-state index >= 15 is 0 Å². The Hall–Kier alpha value is -3.34. The van der Waals surface area contributed by atoms with Gasteiger partial charge in [0.1, 0.15) is 16.9 Å². The first kappa shape index (κ1) is 23.9. The Morgan fingerprint density at radius 3 is 2.42 bits per heavy atom. The Bertz CT molecular complexity index is 882. The summed E-state index contributed by atoms with van der Waals surface area (Å²) in [4.78, 5) is 42.2. The zero-order valence-electron chi connectivity index (χ0n) is 18.5. The minimum atomic E-state index is -1.42. The monoisotopic (exact) mass is 427 g/mol. The molecular formula is C23H29N3O5. The number of carbonyl (C=O) groups excluding carboxylic acids is 3. The van der Waals surface area contributed by atoms with Crippen molar-refractivity contribution >= 4 is 17.9 Å². The second kappa shape index (κ2) is 9.65. The number of benzene rings is 1. The molecule has 1 fully saturated rings. The summed E-state index contributed by atoms with van der Waals surface area (Å²) in [6, 6.07) is 8.48. The van der Waals surface area contributed by atoms with Gasteiger partial charge in [0.15, 0.2) is 0 Å². The van der Waals surface area contributed by atoms with Crippen molar-refractivity contribution in [2.75, 3.05) is 20.2 Å². The Morgan fingerprint density at radius 2 is 1.90 bits per heavy atom. The van der Waals surface area contributed by atoms with Gasteiger partial charge in [-0.1, -0.05) is 6.08 Å². The van der Waals surface area contributed by atoms with Crippen molar-refractivity contribution in [2.45, 2.75) is 51.2 Å². The number of rotatable bonds is 6. The SMILES string of the molecule is C=CC[C@@]1(CCC#N)C(=O)N(C(=O)c2ccc(OC)cc2)CCN1C(=O)OC(C)(C)C. The first-order chi connectivity index (χ1) is 14.6. The van der Waals surface area contributed by atoms with E-state index in [1.807, 2.05) is 6.07 Å². The Balaban J connectivity index is 2.43. The van der Waals surface area contributed by atoms with Crippen LogP contribution in [-0.4, -0.2) is 59.0 Å². The first-order valence-electron chi connectivity index (χ1n) is 10.1. The average Bonchev–Trinajstić information content (AvgIpc) is 2.72. The van der Waals surface area contributed by atoms with Gasteiger partial charge in [-0.25, -0.2) is 4.79 Å². The van der Waals surface area contributed by atoms with E-state index in [0.717, 1.165) is 4.90 Å². The molecule has 1 aliphatic heterocycles. The van der Waals surface area contributed by atoms with Crippen molar-refractivity contribution in [3.63, 3.8) is 0 Å². The summed E-state index contributed by atoms with van der Waals surface area (Å²) < 4.78 is 10.6. The predicted octanol–water partition coefficient (Wildman–Crippen LogP) is 3.53. The fraction of sp³-hybridized carbons (Fsp3) is 0.478. The number of nitriles is 1. The molecule has 0 unspecified atom stereocenters. The third kappa shape index (κ3) is 5.23. The maximum absolute atomic E-state index is 13.6. The summed E-state index contributed by atoms with van der Waals surface area (Å²) in [6.45, 7) is 9.06. The Kier molecular flexibility index (Phi) is 7.45. The number of ether oxygens (including phenoxy) is 2. The quantitative estimate of drug-likeness (QED) is 0.509. The summed E-state index contributed by atoms with van der Waals surface area (Å²) in [5.74, 6) is -0.421. The molecule has 8 nitrogen and oxygen atoms in total. The van der Waals surface area contributed by atoms with Gasteiger partial charge in [-0.2, -0.15) is 5.26 Å². The van der Waals surface area contributed by atoms with Crippen molar-refractivity contribution in [1.29, 1.82) is 5.26 Å². The number of imide groups is 1. The lowest BCUT2D eigenvalue weighted by atomic mass is 9.84. The van der Waals surface area contributed by atoms with Crippen LogP contribution < -0.4 is 4.74 Å². The van der Waals surface area contributed by atoms with E-state index in [0.29, 0.717) is 11.3 Å². The molecule has 0 N–H and O–H groups in total. The molecule has 1 heterocycles. The number of carbonyl (C=O) groups is 3. The highest BCUT2D eigenvalue weighted by Gasteiger charge is 2.52. The van der Waals surface area contributed by atoms with Gasteiger partial charge in [0.2, 0.25) is 0 Å². The molecule has 1 aliphatic rings. The topological polar surface area (TPSA) is 99.9 Å². The van der Waals surface area contributed by atoms with E-state index in [-0.39, 0.29) is 32.4 Å². The first-order valence-corrected chi connectivity index (χ1v) is 10.1. The van der Waals surface area contributed by atoms with E-state index in [4.69, 9.17) is 14.7 Å². The molecule has 0 radical (unpaired) electrons. The lowest BCUT2D eigenvalue weighted by Crippen LogP contribution is -2.68. The van der Waals surface area contributed by atoms with Crippen LogP contribution in [0, 0.1) is 11.3 Å². The van der Waals surface area contributed by atoms with Gasteiger partial charge in [0, 0.05) is 25.1 Å². The molecular weight excluding hydrogens is 398 g/mol. The number of nitrogens with zero attached hydrogens (tertiary/aromatic N) is 3. The summed E-state index contributed by atoms with van der Waals surface area (Å²) in [5, 5.41) is 9.17. The van der Waals surface area contributed by atoms with Crippen LogP contribution in [0.25, 0.3) is 0 Å². The second-order valence-electron chi connectivity index (χ2n) is 8.30. The van der Waals surface area contributed by atoms with Crippen molar-refractivity contribution in [3.8, 4) is 11.8 Å². The standard InChI is InChI=1S/C23H29N3O5/c1-6-12-23(13-7-14-24)20(28)25(15-16-26(23)21(29)31-22(2,3)4)19(27)17-8-10-18(30-5)11-9-17/h6,8-11H,1,7,12-13,15-16H2,2-5H3/t23-/m1/s1. The molecule has 0 aromatic heterocycles. The van der Waals surface area contributed by atoms with E-state index in [1.165, 1.54) is 18.1 Å². The molecule has 0 aliphatic carbocycles. The summed E-state index contributed by atoms with van der Waals surface area (Å²) in [5.41, 5.74) is -1.85. The predicted molar refractivity (Wildman–Crippen MR) is 114 cm³/mol. The zero-order chi connectivity index (χ0) is 23.2. The smallest absolute Gasteiger partial charge is 0.411 e. The molecule has 166 valence electrons. The highest BCUT2D eigenvalue weighted by atomic mass is 16.6. The molecule has 1 atom stereocenters. The molecule has 1 aromatic carbocycles. The fourth-order valence-corrected chi connectivity index (χ4v) is 3.59. The molecule has 0 spiro atoms. The maximum Gasteiger partial charge on any atom is 0.411 e. The van der Waals surface area contributed by atoms with Gasteiger partial charge >= 0.3 is 6.09 Å². The van der Waals surface area contributed by atoms with Crippen LogP contribution in [0.1, 0.15) is 50.4 Å². The Morgan fingerprint density at radius 1 is 1.26 bits per heavy atom. The third-order valence-electron chi connectivity index (χ3n) is 5.04. The highest BCUT2D eigenvalue weighted by Crippen LogP contribution is 2.34. The number of hydrogen-bond acceptors (Lipinski definition) is 6. The lowest BCUT2D eigenvalue weighted by molar-refractivity contribution is -0.147. The molecule has 2 rings (SSSR count). The van der Waals surface area contributed by atoms with E-state index in [2.05, 4.69) is 6.58 Å². The summed E-state index contributed by atoms with van der Waals surface area (Å²) in [6.07, 6.45) is 1.06. The average molecular weight is 428 g/mol. The van der Waals surface area contributed by atoms with Crippen LogP contribution in [0.4, 0.5) is 4.79 Å². The van der Waals surface area contributed by atoms with Crippen LogP contribution >= 0.6 is 0 Å². The van der Waals surface area contributed by atoms with E-state index in [9.17, 15) is 14.4 Å². The van der Waals surface area contributed by atoms with Gasteiger partial charge < -0.3 is 9.47 Å². The summed E-state index contributed by atoms with van der Waals surface area (Å²) >= 11 is 0. The highest BCUT2D eigenvalue weighted by molar-refractivity contribution is 6.08. The third-order valence-corrected chi connectivity index (χ3v) is 5.04. The van der Waals surface area contributed by atoms with Gasteiger partial charge in [0.05, 0.1) is 13.2 Å². The molecule has 0 bridgehead atoms. The van der Waals surface area contributed by atoms with Crippen molar-refractivity contribution in [2.24, 2.45) is 0 Å². The second-order valence-corrected chi connectivity index (χ2v) is 8.30. The fourth-order valence-electron chi connectivity index (χ4n) is 3.59. The lowest BCUT2D eigenvalue weighted by Gasteiger charge is -2.48. The number of amides is 3. The summed E-state index contributed by atoms with van der Waals surface area (Å²) in [7, 11) is 1.52. The molecule has 0 saturated carbocycles. The normalized spacial score (nSPS) is 18.9. The number of piperazine rings is 1. The van der Waals surface area contributed by atoms with Crippen LogP contribution in [0.3, 0.4) is 0 Å². The molecule has 3 amide bonds. The van der Waals surface area contributed by atoms with Crippen molar-refractivity contribution in [3.05, 3.63) is 42.5 Å². The maximum atomic E-state index is 13.6. The number of hydrogen-bond donors (Lipinski definition) is 0. The molecule has 8 heteroatoms. The van der Waals surface area contributed by atoms with Gasteiger partial charge in [-0.15, -0.1) is 6.58 Å². The largest absolute Gasteiger partial charge is 0.497 e. The van der Waals surface area contributed by atoms with E-state index < -0.39 is 29.0 Å². The van der Waals surface area contributed by atoms with Gasteiger partial charge in [0.25, 0.3) is 11.8 Å².